The van der Waals surface area contributed by atoms with Crippen LogP contribution in [0.5, 0.6) is 0 Å². The Balaban J connectivity index is 1.75. The van der Waals surface area contributed by atoms with Crippen LogP contribution in [0.3, 0.4) is 0 Å². The number of carbonyl (C=O) groups excluding carboxylic acids is 1. The van der Waals surface area contributed by atoms with Crippen LogP contribution in [0.1, 0.15) is 32.8 Å². The molecule has 0 radical (unpaired) electrons. The SMILES string of the molecule is COC(C)(C)OC(=O)N1CCC(C)(COCc2ccccc2)OC1. The standard InChI is InChI=1S/C18H27NO5/c1-17(2,21-4)24-16(20)19-11-10-18(3,23-14-19)13-22-12-15-8-6-5-7-9-15/h5-9H,10-14H2,1-4H3. The molecule has 0 bridgehead atoms. The highest BCUT2D eigenvalue weighted by atomic mass is 16.7. The summed E-state index contributed by atoms with van der Waals surface area (Å²) in [5.74, 6) is -0.948. The molecule has 0 aromatic heterocycles. The van der Waals surface area contributed by atoms with Gasteiger partial charge < -0.3 is 18.9 Å². The number of rotatable bonds is 6. The van der Waals surface area contributed by atoms with E-state index in [1.165, 1.54) is 12.0 Å². The lowest BCUT2D eigenvalue weighted by Gasteiger charge is -2.39. The second-order valence-electron chi connectivity index (χ2n) is 6.69. The molecule has 0 spiro atoms. The van der Waals surface area contributed by atoms with Gasteiger partial charge in [0.15, 0.2) is 0 Å². The molecular weight excluding hydrogens is 310 g/mol. The lowest BCUT2D eigenvalue weighted by Crippen LogP contribution is -2.50. The van der Waals surface area contributed by atoms with Crippen LogP contribution in [0.25, 0.3) is 0 Å². The van der Waals surface area contributed by atoms with E-state index in [1.54, 1.807) is 13.8 Å². The van der Waals surface area contributed by atoms with Gasteiger partial charge in [-0.05, 0) is 18.9 Å². The molecule has 0 N–H and O–H groups in total. The first-order chi connectivity index (χ1) is 11.3. The highest BCUT2D eigenvalue weighted by Crippen LogP contribution is 2.24. The van der Waals surface area contributed by atoms with Gasteiger partial charge in [0.25, 0.3) is 0 Å². The van der Waals surface area contributed by atoms with Crippen molar-refractivity contribution in [3.05, 3.63) is 35.9 Å². The zero-order valence-electron chi connectivity index (χ0n) is 14.9. The summed E-state index contributed by atoms with van der Waals surface area (Å²) in [4.78, 5) is 13.6. The van der Waals surface area contributed by atoms with E-state index >= 15 is 0 Å². The minimum atomic E-state index is -0.948. The fourth-order valence-electron chi connectivity index (χ4n) is 2.28. The summed E-state index contributed by atoms with van der Waals surface area (Å²) in [5, 5.41) is 0. The average molecular weight is 337 g/mol. The molecule has 1 aliphatic rings. The smallest absolute Gasteiger partial charge is 0.414 e. The summed E-state index contributed by atoms with van der Waals surface area (Å²) < 4.78 is 22.0. The number of hydrogen-bond donors (Lipinski definition) is 0. The summed E-state index contributed by atoms with van der Waals surface area (Å²) in [5.41, 5.74) is 0.728. The molecule has 1 aromatic carbocycles. The second kappa shape index (κ2) is 7.96. The minimum Gasteiger partial charge on any atom is -0.417 e. The second-order valence-corrected chi connectivity index (χ2v) is 6.69. The molecule has 1 amide bonds. The Kier molecular flexibility index (Phi) is 6.21. The zero-order chi connectivity index (χ0) is 17.6. The summed E-state index contributed by atoms with van der Waals surface area (Å²) in [7, 11) is 1.50. The largest absolute Gasteiger partial charge is 0.417 e. The fourth-order valence-corrected chi connectivity index (χ4v) is 2.28. The van der Waals surface area contributed by atoms with Gasteiger partial charge in [0.1, 0.15) is 6.73 Å². The van der Waals surface area contributed by atoms with Crippen LogP contribution < -0.4 is 0 Å². The van der Waals surface area contributed by atoms with Crippen LogP contribution in [0.15, 0.2) is 30.3 Å². The van der Waals surface area contributed by atoms with Crippen molar-refractivity contribution in [2.24, 2.45) is 0 Å². The van der Waals surface area contributed by atoms with Crippen molar-refractivity contribution in [2.75, 3.05) is 27.0 Å². The fraction of sp³-hybridized carbons (Fsp3) is 0.611. The third kappa shape index (κ3) is 5.47. The molecule has 1 saturated heterocycles. The molecule has 6 heteroatoms. The number of carbonyl (C=O) groups is 1. The molecule has 1 fully saturated rings. The van der Waals surface area contributed by atoms with Crippen molar-refractivity contribution in [3.63, 3.8) is 0 Å². The van der Waals surface area contributed by atoms with Crippen LogP contribution in [0.4, 0.5) is 4.79 Å². The number of ether oxygens (including phenoxy) is 4. The van der Waals surface area contributed by atoms with E-state index in [0.717, 1.165) is 5.56 Å². The average Bonchev–Trinajstić information content (AvgIpc) is 2.56. The van der Waals surface area contributed by atoms with E-state index in [0.29, 0.717) is 26.2 Å². The van der Waals surface area contributed by atoms with Crippen LogP contribution in [-0.4, -0.2) is 49.4 Å². The Morgan fingerprint density at radius 3 is 2.62 bits per heavy atom. The Bertz CT molecular complexity index is 523. The molecule has 24 heavy (non-hydrogen) atoms. The van der Waals surface area contributed by atoms with Gasteiger partial charge in [-0.1, -0.05) is 30.3 Å². The van der Waals surface area contributed by atoms with Crippen molar-refractivity contribution < 1.29 is 23.7 Å². The maximum Gasteiger partial charge on any atom is 0.414 e. The molecule has 2 rings (SSSR count). The first-order valence-corrected chi connectivity index (χ1v) is 8.12. The van der Waals surface area contributed by atoms with Gasteiger partial charge in [-0.3, -0.25) is 4.90 Å². The molecular formula is C18H27NO5. The third-order valence-electron chi connectivity index (χ3n) is 4.08. The van der Waals surface area contributed by atoms with Crippen LogP contribution in [0, 0.1) is 0 Å². The van der Waals surface area contributed by atoms with E-state index < -0.39 is 17.5 Å². The Morgan fingerprint density at radius 1 is 1.33 bits per heavy atom. The maximum atomic E-state index is 12.1. The Morgan fingerprint density at radius 2 is 2.04 bits per heavy atom. The summed E-state index contributed by atoms with van der Waals surface area (Å²) in [6, 6.07) is 10.0. The van der Waals surface area contributed by atoms with Crippen molar-refractivity contribution in [1.29, 1.82) is 0 Å². The third-order valence-corrected chi connectivity index (χ3v) is 4.08. The highest BCUT2D eigenvalue weighted by Gasteiger charge is 2.35. The normalized spacial score (nSPS) is 21.6. The lowest BCUT2D eigenvalue weighted by molar-refractivity contribution is -0.185. The molecule has 6 nitrogen and oxygen atoms in total. The quantitative estimate of drug-likeness (QED) is 0.746. The van der Waals surface area contributed by atoms with Crippen molar-refractivity contribution in [1.82, 2.24) is 4.90 Å². The predicted octanol–water partition coefficient (Wildman–Crippen LogP) is 3.16. The Hall–Kier alpha value is -1.63. The number of benzene rings is 1. The first-order valence-electron chi connectivity index (χ1n) is 8.12. The monoisotopic (exact) mass is 337 g/mol. The van der Waals surface area contributed by atoms with Crippen LogP contribution in [0.2, 0.25) is 0 Å². The van der Waals surface area contributed by atoms with Gasteiger partial charge >= 0.3 is 6.09 Å². The van der Waals surface area contributed by atoms with Gasteiger partial charge in [-0.2, -0.15) is 0 Å². The van der Waals surface area contributed by atoms with Crippen molar-refractivity contribution in [2.45, 2.75) is 45.2 Å². The van der Waals surface area contributed by atoms with Crippen molar-refractivity contribution in [3.8, 4) is 0 Å². The van der Waals surface area contributed by atoms with Crippen LogP contribution >= 0.6 is 0 Å². The van der Waals surface area contributed by atoms with Crippen LogP contribution in [-0.2, 0) is 25.6 Å². The van der Waals surface area contributed by atoms with Crippen molar-refractivity contribution >= 4 is 6.09 Å². The van der Waals surface area contributed by atoms with E-state index in [-0.39, 0.29) is 6.73 Å². The number of methoxy groups -OCH3 is 1. The van der Waals surface area contributed by atoms with Gasteiger partial charge in [-0.15, -0.1) is 0 Å². The number of hydrogen-bond acceptors (Lipinski definition) is 5. The molecule has 1 heterocycles. The number of nitrogens with zero attached hydrogens (tertiary/aromatic N) is 1. The minimum absolute atomic E-state index is 0.184. The lowest BCUT2D eigenvalue weighted by atomic mass is 10.0. The van der Waals surface area contributed by atoms with E-state index in [9.17, 15) is 4.79 Å². The van der Waals surface area contributed by atoms with E-state index in [1.807, 2.05) is 37.3 Å². The highest BCUT2D eigenvalue weighted by molar-refractivity contribution is 5.67. The summed E-state index contributed by atoms with van der Waals surface area (Å²) in [6.07, 6.45) is 0.249. The van der Waals surface area contributed by atoms with E-state index in [4.69, 9.17) is 18.9 Å². The maximum absolute atomic E-state index is 12.1. The first kappa shape index (κ1) is 18.7. The van der Waals surface area contributed by atoms with Gasteiger partial charge in [0.05, 0.1) is 18.8 Å². The molecule has 134 valence electrons. The Labute approximate surface area is 143 Å². The van der Waals surface area contributed by atoms with Gasteiger partial charge in [-0.25, -0.2) is 4.79 Å². The molecule has 1 aromatic rings. The predicted molar refractivity (Wildman–Crippen MR) is 89.3 cm³/mol. The summed E-state index contributed by atoms with van der Waals surface area (Å²) in [6.45, 7) is 7.16. The molecule has 0 aliphatic carbocycles. The topological polar surface area (TPSA) is 57.2 Å². The molecule has 0 saturated carbocycles. The van der Waals surface area contributed by atoms with E-state index in [2.05, 4.69) is 0 Å². The summed E-state index contributed by atoms with van der Waals surface area (Å²) >= 11 is 0. The number of amides is 1. The van der Waals surface area contributed by atoms with Gasteiger partial charge in [0.2, 0.25) is 5.79 Å². The molecule has 1 aliphatic heterocycles. The zero-order valence-corrected chi connectivity index (χ0v) is 14.9. The van der Waals surface area contributed by atoms with Gasteiger partial charge in [0, 0.05) is 27.5 Å². The molecule has 1 unspecified atom stereocenters. The molecule has 1 atom stereocenters.